The number of benzene rings is 1. The Morgan fingerprint density at radius 2 is 2.09 bits per heavy atom. The Morgan fingerprint density at radius 3 is 2.75 bits per heavy atom. The number of hydrogen-bond acceptors (Lipinski definition) is 8. The average Bonchev–Trinajstić information content (AvgIpc) is 3.19. The number of fused-ring (bicyclic) bond motifs is 1. The highest BCUT2D eigenvalue weighted by molar-refractivity contribution is 8.01. The fourth-order valence-corrected chi connectivity index (χ4v) is 5.55. The Bertz CT molecular complexity index is 1090. The second kappa shape index (κ2) is 9.20. The molecule has 1 fully saturated rings. The van der Waals surface area contributed by atoms with Crippen LogP contribution >= 0.6 is 23.5 Å². The Kier molecular flexibility index (Phi) is 6.37. The molecule has 0 aliphatic carbocycles. The van der Waals surface area contributed by atoms with Gasteiger partial charge in [-0.1, -0.05) is 23.9 Å². The van der Waals surface area contributed by atoms with E-state index >= 15 is 0 Å². The number of urea groups is 1. The molecule has 0 bridgehead atoms. The summed E-state index contributed by atoms with van der Waals surface area (Å²) in [5, 5.41) is 22.3. The van der Waals surface area contributed by atoms with Gasteiger partial charge in [0, 0.05) is 25.0 Å². The molecule has 2 aromatic rings. The number of β-lactam (4-membered cyclic amide) rings is 1. The normalized spacial score (nSPS) is 19.9. The van der Waals surface area contributed by atoms with Crippen molar-refractivity contribution in [1.82, 2.24) is 25.7 Å². The molecule has 3 amide bonds. The molecule has 3 N–H and O–H groups in total. The fourth-order valence-electron chi connectivity index (χ4n) is 3.26. The number of carbonyl (C=O) groups excluding carboxylic acids is 2. The maximum absolute atomic E-state index is 13.0. The van der Waals surface area contributed by atoms with Crippen molar-refractivity contribution in [1.29, 1.82) is 0 Å². The van der Waals surface area contributed by atoms with Gasteiger partial charge in [-0.3, -0.25) is 9.69 Å². The maximum atomic E-state index is 13.0. The van der Waals surface area contributed by atoms with Gasteiger partial charge < -0.3 is 20.2 Å². The standard InChI is InChI=1S/C19H18FN5O5S2/c1-9-23-24-19(30-9)32-8-11-7-31-16-13(15(26)25(16)14(11)17(27)28)22-18(29)21-6-10-2-4-12(20)5-3-10/h2-5,13,16H,6-8H2,1H3,(H,27,28)(H2,21,22,29)/t13?,16-/m0/s1. The van der Waals surface area contributed by atoms with Gasteiger partial charge in [0.1, 0.15) is 22.9 Å². The minimum atomic E-state index is -1.21. The average molecular weight is 480 g/mol. The van der Waals surface area contributed by atoms with Gasteiger partial charge in [0.2, 0.25) is 5.89 Å². The largest absolute Gasteiger partial charge is 0.477 e. The van der Waals surface area contributed by atoms with Crippen molar-refractivity contribution in [3.63, 3.8) is 0 Å². The van der Waals surface area contributed by atoms with E-state index in [0.29, 0.717) is 28.0 Å². The van der Waals surface area contributed by atoms with Crippen LogP contribution in [0.25, 0.3) is 0 Å². The van der Waals surface area contributed by atoms with E-state index < -0.39 is 29.3 Å². The van der Waals surface area contributed by atoms with Crippen molar-refractivity contribution < 1.29 is 28.3 Å². The van der Waals surface area contributed by atoms with Crippen molar-refractivity contribution in [3.8, 4) is 0 Å². The van der Waals surface area contributed by atoms with Crippen LogP contribution in [0.5, 0.6) is 0 Å². The number of carboxylic acids is 1. The first-order chi connectivity index (χ1) is 15.3. The molecule has 168 valence electrons. The predicted molar refractivity (Wildman–Crippen MR) is 113 cm³/mol. The van der Waals surface area contributed by atoms with Crippen LogP contribution in [0.4, 0.5) is 9.18 Å². The van der Waals surface area contributed by atoms with E-state index in [1.807, 2.05) is 0 Å². The molecule has 2 atom stereocenters. The van der Waals surface area contributed by atoms with Crippen LogP contribution in [-0.4, -0.2) is 61.0 Å². The lowest BCUT2D eigenvalue weighted by atomic mass is 10.0. The van der Waals surface area contributed by atoms with Crippen LogP contribution in [0, 0.1) is 12.7 Å². The smallest absolute Gasteiger partial charge is 0.352 e. The van der Waals surface area contributed by atoms with Gasteiger partial charge in [0.25, 0.3) is 11.1 Å². The third-order valence-electron chi connectivity index (χ3n) is 4.78. The van der Waals surface area contributed by atoms with Gasteiger partial charge in [-0.15, -0.1) is 22.0 Å². The van der Waals surface area contributed by atoms with E-state index in [1.54, 1.807) is 19.1 Å². The Labute approximate surface area is 190 Å². The van der Waals surface area contributed by atoms with Crippen molar-refractivity contribution in [3.05, 3.63) is 52.8 Å². The number of carboxylic acid groups (broad SMARTS) is 1. The zero-order valence-electron chi connectivity index (χ0n) is 16.7. The number of rotatable bonds is 7. The molecule has 2 aliphatic heterocycles. The van der Waals surface area contributed by atoms with Gasteiger partial charge in [-0.25, -0.2) is 14.0 Å². The minimum Gasteiger partial charge on any atom is -0.477 e. The number of aromatic nitrogens is 2. The molecule has 10 nitrogen and oxygen atoms in total. The van der Waals surface area contributed by atoms with Gasteiger partial charge in [-0.05, 0) is 23.3 Å². The Morgan fingerprint density at radius 1 is 1.34 bits per heavy atom. The summed E-state index contributed by atoms with van der Waals surface area (Å²) in [6.07, 6.45) is 0. The number of aliphatic carboxylic acids is 1. The molecule has 2 aliphatic rings. The summed E-state index contributed by atoms with van der Waals surface area (Å²) < 4.78 is 18.2. The third kappa shape index (κ3) is 4.58. The van der Waals surface area contributed by atoms with Crippen molar-refractivity contribution in [2.45, 2.75) is 30.1 Å². The fraction of sp³-hybridized carbons (Fsp3) is 0.316. The first-order valence-electron chi connectivity index (χ1n) is 9.45. The van der Waals surface area contributed by atoms with E-state index in [1.165, 1.54) is 40.6 Å². The lowest BCUT2D eigenvalue weighted by Crippen LogP contribution is -2.71. The SMILES string of the molecule is Cc1nnc(SCC2=C(C(=O)O)N3C(=O)C(NC(=O)NCc4ccc(F)cc4)[C@@H]3SC2)o1. The van der Waals surface area contributed by atoms with Gasteiger partial charge in [0.05, 0.1) is 0 Å². The zero-order chi connectivity index (χ0) is 22.8. The predicted octanol–water partition coefficient (Wildman–Crippen LogP) is 1.73. The first-order valence-corrected chi connectivity index (χ1v) is 11.5. The van der Waals surface area contributed by atoms with E-state index in [-0.39, 0.29) is 23.8 Å². The molecule has 0 radical (unpaired) electrons. The highest BCUT2D eigenvalue weighted by atomic mass is 32.2. The summed E-state index contributed by atoms with van der Waals surface area (Å²) in [7, 11) is 0. The van der Waals surface area contributed by atoms with Crippen LogP contribution in [0.15, 0.2) is 45.2 Å². The van der Waals surface area contributed by atoms with E-state index in [9.17, 15) is 23.9 Å². The molecule has 0 saturated carbocycles. The van der Waals surface area contributed by atoms with Crippen LogP contribution in [0.3, 0.4) is 0 Å². The molecule has 1 unspecified atom stereocenters. The Hall–Kier alpha value is -3.06. The topological polar surface area (TPSA) is 138 Å². The summed E-state index contributed by atoms with van der Waals surface area (Å²) in [5.41, 5.74) is 1.18. The number of carbonyl (C=O) groups is 3. The third-order valence-corrected chi connectivity index (χ3v) is 7.02. The summed E-state index contributed by atoms with van der Waals surface area (Å²) in [6.45, 7) is 1.81. The molecule has 4 rings (SSSR count). The number of amides is 3. The van der Waals surface area contributed by atoms with Gasteiger partial charge in [0.15, 0.2) is 0 Å². The quantitative estimate of drug-likeness (QED) is 0.400. The molecule has 0 spiro atoms. The van der Waals surface area contributed by atoms with Crippen molar-refractivity contribution >= 4 is 41.4 Å². The molecular formula is C19H18FN5O5S2. The number of hydrogen-bond donors (Lipinski definition) is 3. The summed E-state index contributed by atoms with van der Waals surface area (Å²) >= 11 is 2.57. The van der Waals surface area contributed by atoms with E-state index in [0.717, 1.165) is 0 Å². The lowest BCUT2D eigenvalue weighted by Gasteiger charge is -2.49. The van der Waals surface area contributed by atoms with Crippen LogP contribution in [-0.2, 0) is 16.1 Å². The minimum absolute atomic E-state index is 0.0766. The molecule has 1 aromatic heterocycles. The van der Waals surface area contributed by atoms with E-state index in [4.69, 9.17) is 4.42 Å². The highest BCUT2D eigenvalue weighted by Gasteiger charge is 2.54. The van der Waals surface area contributed by atoms with Crippen molar-refractivity contribution in [2.75, 3.05) is 11.5 Å². The molecule has 3 heterocycles. The number of halogens is 1. The number of nitrogens with zero attached hydrogens (tertiary/aromatic N) is 3. The number of nitrogens with one attached hydrogen (secondary N) is 2. The molecule has 1 saturated heterocycles. The van der Waals surface area contributed by atoms with E-state index in [2.05, 4.69) is 20.8 Å². The van der Waals surface area contributed by atoms with Crippen LogP contribution < -0.4 is 10.6 Å². The zero-order valence-corrected chi connectivity index (χ0v) is 18.3. The second-order valence-corrected chi connectivity index (χ2v) is 9.01. The molecule has 32 heavy (non-hydrogen) atoms. The van der Waals surface area contributed by atoms with Crippen LogP contribution in [0.2, 0.25) is 0 Å². The maximum Gasteiger partial charge on any atom is 0.352 e. The number of thioether (sulfide) groups is 2. The van der Waals surface area contributed by atoms with Gasteiger partial charge in [-0.2, -0.15) is 0 Å². The molecule has 13 heteroatoms. The first kappa shape index (κ1) is 22.1. The lowest BCUT2D eigenvalue weighted by molar-refractivity contribution is -0.148. The molecule has 1 aromatic carbocycles. The Balaban J connectivity index is 1.37. The molecular weight excluding hydrogens is 461 g/mol. The number of aryl methyl sites for hydroxylation is 1. The summed E-state index contributed by atoms with van der Waals surface area (Å²) in [5.74, 6) is -1.01. The van der Waals surface area contributed by atoms with Crippen molar-refractivity contribution in [2.24, 2.45) is 0 Å². The monoisotopic (exact) mass is 479 g/mol. The summed E-state index contributed by atoms with van der Waals surface area (Å²) in [4.78, 5) is 38.0. The van der Waals surface area contributed by atoms with Crippen LogP contribution in [0.1, 0.15) is 11.5 Å². The van der Waals surface area contributed by atoms with Gasteiger partial charge >= 0.3 is 12.0 Å². The second-order valence-electron chi connectivity index (χ2n) is 6.97. The highest BCUT2D eigenvalue weighted by Crippen LogP contribution is 2.41. The summed E-state index contributed by atoms with van der Waals surface area (Å²) in [6, 6.07) is 4.26.